The third kappa shape index (κ3) is 4.97. The highest BCUT2D eigenvalue weighted by atomic mass is 32.2. The lowest BCUT2D eigenvalue weighted by Gasteiger charge is -2.27. The van der Waals surface area contributed by atoms with Gasteiger partial charge in [-0.3, -0.25) is 13.9 Å². The maximum Gasteiger partial charge on any atom is 0.307 e. The van der Waals surface area contributed by atoms with E-state index in [0.29, 0.717) is 16.8 Å². The molecule has 1 amide bonds. The number of amides is 1. The van der Waals surface area contributed by atoms with Crippen LogP contribution in [0.1, 0.15) is 15.9 Å². The van der Waals surface area contributed by atoms with Gasteiger partial charge in [-0.05, 0) is 48.0 Å². The van der Waals surface area contributed by atoms with Gasteiger partial charge in [0.05, 0.1) is 22.4 Å². The van der Waals surface area contributed by atoms with Crippen molar-refractivity contribution in [3.05, 3.63) is 93.3 Å². The number of aryl methyl sites for hydroxylation is 1. The van der Waals surface area contributed by atoms with E-state index in [1.807, 2.05) is 0 Å². The number of aromatic nitrogens is 1. The second-order valence-electron chi connectivity index (χ2n) is 8.01. The van der Waals surface area contributed by atoms with E-state index in [9.17, 15) is 22.4 Å². The van der Waals surface area contributed by atoms with Crippen molar-refractivity contribution < 1.29 is 17.6 Å². The maximum absolute atomic E-state index is 14.4. The predicted octanol–water partition coefficient (Wildman–Crippen LogP) is 3.80. The molecule has 0 fully saturated rings. The van der Waals surface area contributed by atoms with Crippen molar-refractivity contribution in [2.24, 2.45) is 7.05 Å². The van der Waals surface area contributed by atoms with Gasteiger partial charge in [-0.1, -0.05) is 35.6 Å². The Hall–Kier alpha value is -3.54. The summed E-state index contributed by atoms with van der Waals surface area (Å²) < 4.78 is 44.5. The van der Waals surface area contributed by atoms with Crippen molar-refractivity contribution in [3.8, 4) is 0 Å². The molecule has 0 aliphatic heterocycles. The molecular weight excluding hydrogens is 491 g/mol. The van der Waals surface area contributed by atoms with Crippen LogP contribution >= 0.6 is 11.3 Å². The molecule has 3 aromatic carbocycles. The summed E-state index contributed by atoms with van der Waals surface area (Å²) in [6.07, 6.45) is 0. The number of halogens is 1. The first-order valence-corrected chi connectivity index (χ1v) is 12.7. The van der Waals surface area contributed by atoms with E-state index in [1.54, 1.807) is 60.1 Å². The predicted molar refractivity (Wildman–Crippen MR) is 137 cm³/mol. The van der Waals surface area contributed by atoms with Crippen LogP contribution in [0.4, 0.5) is 15.8 Å². The molecule has 0 aliphatic carbocycles. The number of rotatable bonds is 7. The molecule has 0 bridgehead atoms. The molecule has 8 nitrogen and oxygen atoms in total. The van der Waals surface area contributed by atoms with Gasteiger partial charge in [0.1, 0.15) is 5.82 Å². The summed E-state index contributed by atoms with van der Waals surface area (Å²) in [4.78, 5) is 24.5. The van der Waals surface area contributed by atoms with Crippen molar-refractivity contribution in [2.75, 3.05) is 23.7 Å². The fraction of sp³-hybridized carbons (Fsp3) is 0.167. The number of carbonyl (C=O) groups excluding carboxylic acids is 1. The van der Waals surface area contributed by atoms with Gasteiger partial charge < -0.3 is 9.88 Å². The molecule has 0 radical (unpaired) electrons. The van der Waals surface area contributed by atoms with E-state index in [1.165, 1.54) is 32.3 Å². The van der Waals surface area contributed by atoms with Crippen LogP contribution in [0.3, 0.4) is 0 Å². The Labute approximate surface area is 206 Å². The van der Waals surface area contributed by atoms with Crippen molar-refractivity contribution in [3.63, 3.8) is 0 Å². The average Bonchev–Trinajstić information content (AvgIpc) is 3.11. The zero-order chi connectivity index (χ0) is 25.3. The highest BCUT2D eigenvalue weighted by Crippen LogP contribution is 2.26. The fourth-order valence-electron chi connectivity index (χ4n) is 3.48. The molecule has 1 aromatic heterocycles. The first-order valence-electron chi connectivity index (χ1n) is 10.5. The molecule has 4 rings (SSSR count). The molecule has 35 heavy (non-hydrogen) atoms. The van der Waals surface area contributed by atoms with Gasteiger partial charge in [0.25, 0.3) is 5.91 Å². The number of benzene rings is 3. The van der Waals surface area contributed by atoms with Gasteiger partial charge >= 0.3 is 15.1 Å². The Balaban J connectivity index is 1.55. The second kappa shape index (κ2) is 9.61. The molecule has 1 heterocycles. The number of nitrogens with one attached hydrogen (secondary N) is 1. The minimum atomic E-state index is -3.97. The summed E-state index contributed by atoms with van der Waals surface area (Å²) in [5, 5.41) is 2.81. The summed E-state index contributed by atoms with van der Waals surface area (Å²) in [7, 11) is 0.472. The molecule has 0 spiro atoms. The molecule has 0 atom stereocenters. The molecule has 182 valence electrons. The van der Waals surface area contributed by atoms with Crippen molar-refractivity contribution >= 4 is 49.0 Å². The molecule has 0 aliphatic rings. The van der Waals surface area contributed by atoms with E-state index in [4.69, 9.17) is 0 Å². The standard InChI is InChI=1S/C24H23FN4O4S2/c1-27(2)35(32,33)29(20-7-5-4-6-19(20)25)15-16-8-10-17(11-9-16)23(30)26-18-12-13-21-22(14-18)34-24(31)28(21)3/h4-14H,15H2,1-3H3,(H,26,30). The minimum absolute atomic E-state index is 0.0679. The lowest BCUT2D eigenvalue weighted by molar-refractivity contribution is 0.102. The fourth-order valence-corrected chi connectivity index (χ4v) is 5.51. The third-order valence-electron chi connectivity index (χ3n) is 5.45. The van der Waals surface area contributed by atoms with Crippen molar-refractivity contribution in [2.45, 2.75) is 6.54 Å². The molecule has 0 saturated heterocycles. The van der Waals surface area contributed by atoms with Crippen LogP contribution in [0.5, 0.6) is 0 Å². The van der Waals surface area contributed by atoms with Crippen LogP contribution in [0.2, 0.25) is 0 Å². The summed E-state index contributed by atoms with van der Waals surface area (Å²) in [6.45, 7) is -0.118. The average molecular weight is 515 g/mol. The van der Waals surface area contributed by atoms with Crippen LogP contribution in [0.15, 0.2) is 71.5 Å². The number of carbonyl (C=O) groups is 1. The molecule has 0 saturated carbocycles. The van der Waals surface area contributed by atoms with E-state index >= 15 is 0 Å². The summed E-state index contributed by atoms with van der Waals surface area (Å²) in [5.41, 5.74) is 2.21. The van der Waals surface area contributed by atoms with Gasteiger partial charge in [0, 0.05) is 32.4 Å². The largest absolute Gasteiger partial charge is 0.322 e. The van der Waals surface area contributed by atoms with Gasteiger partial charge in [-0.2, -0.15) is 12.7 Å². The van der Waals surface area contributed by atoms with Crippen molar-refractivity contribution in [1.29, 1.82) is 0 Å². The van der Waals surface area contributed by atoms with E-state index < -0.39 is 16.0 Å². The van der Waals surface area contributed by atoms with Crippen LogP contribution in [-0.2, 0) is 23.8 Å². The van der Waals surface area contributed by atoms with E-state index in [-0.39, 0.29) is 23.0 Å². The lowest BCUT2D eigenvalue weighted by Crippen LogP contribution is -2.40. The summed E-state index contributed by atoms with van der Waals surface area (Å²) in [6, 6.07) is 17.3. The first-order chi connectivity index (χ1) is 16.6. The normalized spacial score (nSPS) is 11.7. The monoisotopic (exact) mass is 514 g/mol. The van der Waals surface area contributed by atoms with Gasteiger partial charge in [-0.25, -0.2) is 4.39 Å². The number of thiazole rings is 1. The highest BCUT2D eigenvalue weighted by molar-refractivity contribution is 7.90. The SMILES string of the molecule is CN(C)S(=O)(=O)N(Cc1ccc(C(=O)Nc2ccc3c(c2)sc(=O)n3C)cc1)c1ccccc1F. The Bertz CT molecular complexity index is 1560. The number of hydrogen-bond donors (Lipinski definition) is 1. The summed E-state index contributed by atoms with van der Waals surface area (Å²) in [5.74, 6) is -1.01. The molecule has 1 N–H and O–H groups in total. The first kappa shape index (κ1) is 24.6. The molecular formula is C24H23FN4O4S2. The highest BCUT2D eigenvalue weighted by Gasteiger charge is 2.27. The molecule has 4 aromatic rings. The zero-order valence-corrected chi connectivity index (χ0v) is 20.9. The van der Waals surface area contributed by atoms with Crippen LogP contribution < -0.4 is 14.5 Å². The number of para-hydroxylation sites is 1. The van der Waals surface area contributed by atoms with Crippen molar-refractivity contribution in [1.82, 2.24) is 8.87 Å². The zero-order valence-electron chi connectivity index (χ0n) is 19.2. The Morgan fingerprint density at radius 2 is 1.74 bits per heavy atom. The molecule has 0 unspecified atom stereocenters. The second-order valence-corrected chi connectivity index (χ2v) is 11.1. The third-order valence-corrected chi connectivity index (χ3v) is 8.25. The van der Waals surface area contributed by atoms with Crippen LogP contribution in [-0.4, -0.2) is 37.3 Å². The maximum atomic E-state index is 14.4. The number of anilines is 2. The molecule has 11 heteroatoms. The quantitative estimate of drug-likeness (QED) is 0.406. The Morgan fingerprint density at radius 1 is 1.06 bits per heavy atom. The van der Waals surface area contributed by atoms with Crippen LogP contribution in [0, 0.1) is 5.82 Å². The van der Waals surface area contributed by atoms with Crippen LogP contribution in [0.25, 0.3) is 10.2 Å². The Kier molecular flexibility index (Phi) is 6.75. The van der Waals surface area contributed by atoms with Gasteiger partial charge in [0.2, 0.25) is 0 Å². The van der Waals surface area contributed by atoms with E-state index in [0.717, 1.165) is 30.2 Å². The Morgan fingerprint density at radius 3 is 2.40 bits per heavy atom. The van der Waals surface area contributed by atoms with E-state index in [2.05, 4.69) is 5.32 Å². The number of fused-ring (bicyclic) bond motifs is 1. The van der Waals surface area contributed by atoms with Gasteiger partial charge in [-0.15, -0.1) is 0 Å². The van der Waals surface area contributed by atoms with Gasteiger partial charge in [0.15, 0.2) is 0 Å². The lowest BCUT2D eigenvalue weighted by atomic mass is 10.1. The number of nitrogens with zero attached hydrogens (tertiary/aromatic N) is 3. The number of hydrogen-bond acceptors (Lipinski definition) is 5. The summed E-state index contributed by atoms with van der Waals surface area (Å²) >= 11 is 1.10. The minimum Gasteiger partial charge on any atom is -0.322 e. The topological polar surface area (TPSA) is 91.7 Å². The smallest absolute Gasteiger partial charge is 0.307 e.